The van der Waals surface area contributed by atoms with E-state index >= 15 is 0 Å². The van der Waals surface area contributed by atoms with E-state index in [0.717, 1.165) is 12.0 Å². The van der Waals surface area contributed by atoms with Crippen LogP contribution >= 0.6 is 0 Å². The van der Waals surface area contributed by atoms with E-state index in [1.54, 1.807) is 49.6 Å². The van der Waals surface area contributed by atoms with Crippen molar-refractivity contribution in [2.24, 2.45) is 5.92 Å². The molecule has 1 saturated heterocycles. The molecule has 1 heterocycles. The Bertz CT molecular complexity index is 1360. The number of hydrogen-bond donors (Lipinski definition) is 1. The molecule has 1 atom stereocenters. The number of aryl methyl sites for hydroxylation is 1. The van der Waals surface area contributed by atoms with Crippen molar-refractivity contribution in [3.05, 3.63) is 89.0 Å². The van der Waals surface area contributed by atoms with Crippen LogP contribution in [0.3, 0.4) is 0 Å². The average molecular weight is 530 g/mol. The molecule has 7 nitrogen and oxygen atoms in total. The van der Waals surface area contributed by atoms with Gasteiger partial charge in [0.25, 0.3) is 11.7 Å². The summed E-state index contributed by atoms with van der Waals surface area (Å²) in [4.78, 5) is 28.4. The predicted molar refractivity (Wildman–Crippen MR) is 152 cm³/mol. The first-order valence-electron chi connectivity index (χ1n) is 13.2. The largest absolute Gasteiger partial charge is 0.507 e. The quantitative estimate of drug-likeness (QED) is 0.188. The number of amides is 1. The molecular weight excluding hydrogens is 494 g/mol. The summed E-state index contributed by atoms with van der Waals surface area (Å²) in [6, 6.07) is 18.8. The fourth-order valence-corrected chi connectivity index (χ4v) is 4.57. The Hall–Kier alpha value is -4.26. The Kier molecular flexibility index (Phi) is 8.59. The number of ether oxygens (including phenoxy) is 3. The maximum absolute atomic E-state index is 13.5. The molecule has 1 unspecified atom stereocenters. The third-order valence-corrected chi connectivity index (χ3v) is 6.58. The van der Waals surface area contributed by atoms with Crippen LogP contribution < -0.4 is 19.1 Å². The summed E-state index contributed by atoms with van der Waals surface area (Å²) < 4.78 is 17.0. The maximum atomic E-state index is 13.5. The van der Waals surface area contributed by atoms with Crippen LogP contribution in [0.1, 0.15) is 50.4 Å². The van der Waals surface area contributed by atoms with Crippen molar-refractivity contribution in [2.75, 3.05) is 25.2 Å². The van der Waals surface area contributed by atoms with Gasteiger partial charge in [0.15, 0.2) is 11.5 Å². The van der Waals surface area contributed by atoms with Crippen LogP contribution in [0, 0.1) is 5.92 Å². The van der Waals surface area contributed by atoms with Gasteiger partial charge in [-0.05, 0) is 78.9 Å². The van der Waals surface area contributed by atoms with E-state index in [4.69, 9.17) is 14.2 Å². The molecule has 1 N–H and O–H groups in total. The highest BCUT2D eigenvalue weighted by atomic mass is 16.5. The molecule has 0 radical (unpaired) electrons. The number of nitrogens with zero attached hydrogens (tertiary/aromatic N) is 1. The van der Waals surface area contributed by atoms with Gasteiger partial charge in [-0.2, -0.15) is 0 Å². The number of hydrogen-bond acceptors (Lipinski definition) is 6. The zero-order valence-corrected chi connectivity index (χ0v) is 23.1. The van der Waals surface area contributed by atoms with Gasteiger partial charge in [-0.1, -0.05) is 39.0 Å². The highest BCUT2D eigenvalue weighted by Gasteiger charge is 2.47. The fourth-order valence-electron chi connectivity index (χ4n) is 4.57. The van der Waals surface area contributed by atoms with E-state index in [9.17, 15) is 14.7 Å². The number of Topliss-reactive ketones (excluding diaryl/α,β-unsaturated/α-hetero) is 1. The third kappa shape index (κ3) is 5.77. The average Bonchev–Trinajstić information content (AvgIpc) is 3.22. The Balaban J connectivity index is 1.85. The minimum Gasteiger partial charge on any atom is -0.507 e. The van der Waals surface area contributed by atoms with Gasteiger partial charge in [0.1, 0.15) is 11.5 Å². The molecule has 0 bridgehead atoms. The minimum atomic E-state index is -0.876. The summed E-state index contributed by atoms with van der Waals surface area (Å²) in [5, 5.41) is 11.5. The van der Waals surface area contributed by atoms with E-state index in [0.29, 0.717) is 53.2 Å². The summed E-state index contributed by atoms with van der Waals surface area (Å²) in [6.45, 7) is 9.00. The van der Waals surface area contributed by atoms with Crippen LogP contribution in [0.2, 0.25) is 0 Å². The normalized spacial score (nSPS) is 16.6. The highest BCUT2D eigenvalue weighted by Crippen LogP contribution is 2.44. The summed E-state index contributed by atoms with van der Waals surface area (Å²) in [6.07, 6.45) is 0.843. The van der Waals surface area contributed by atoms with Crippen LogP contribution in [0.5, 0.6) is 17.2 Å². The number of ketones is 1. The van der Waals surface area contributed by atoms with Crippen molar-refractivity contribution >= 4 is 23.1 Å². The van der Waals surface area contributed by atoms with Crippen LogP contribution in [-0.4, -0.2) is 37.1 Å². The molecule has 1 aliphatic heterocycles. The molecule has 3 aromatic rings. The molecule has 1 fully saturated rings. The number of benzene rings is 3. The second-order valence-electron chi connectivity index (χ2n) is 9.76. The number of carbonyl (C=O) groups excluding carboxylic acids is 2. The van der Waals surface area contributed by atoms with Crippen molar-refractivity contribution in [2.45, 2.75) is 40.2 Å². The monoisotopic (exact) mass is 529 g/mol. The second-order valence-corrected chi connectivity index (χ2v) is 9.76. The van der Waals surface area contributed by atoms with Gasteiger partial charge in [-0.15, -0.1) is 0 Å². The summed E-state index contributed by atoms with van der Waals surface area (Å²) >= 11 is 0. The van der Waals surface area contributed by atoms with Gasteiger partial charge in [-0.3, -0.25) is 14.5 Å². The summed E-state index contributed by atoms with van der Waals surface area (Å²) in [5.41, 5.74) is 2.69. The minimum absolute atomic E-state index is 0.00281. The topological polar surface area (TPSA) is 85.3 Å². The van der Waals surface area contributed by atoms with Crippen molar-refractivity contribution in [1.29, 1.82) is 0 Å². The number of aliphatic hydroxyl groups is 1. The lowest BCUT2D eigenvalue weighted by molar-refractivity contribution is -0.132. The molecule has 4 rings (SSSR count). The van der Waals surface area contributed by atoms with Crippen molar-refractivity contribution in [1.82, 2.24) is 0 Å². The van der Waals surface area contributed by atoms with Crippen LogP contribution in [0.4, 0.5) is 5.69 Å². The lowest BCUT2D eigenvalue weighted by atomic mass is 9.94. The van der Waals surface area contributed by atoms with Gasteiger partial charge in [0.2, 0.25) is 0 Å². The van der Waals surface area contributed by atoms with Crippen LogP contribution in [0.25, 0.3) is 5.76 Å². The Morgan fingerprint density at radius 2 is 1.62 bits per heavy atom. The Morgan fingerprint density at radius 1 is 0.923 bits per heavy atom. The predicted octanol–water partition coefficient (Wildman–Crippen LogP) is 6.32. The molecule has 7 heteroatoms. The molecule has 0 aliphatic carbocycles. The fraction of sp³-hybridized carbons (Fsp3) is 0.312. The number of methoxy groups -OCH3 is 1. The lowest BCUT2D eigenvalue weighted by Crippen LogP contribution is -2.29. The highest BCUT2D eigenvalue weighted by molar-refractivity contribution is 6.51. The van der Waals surface area contributed by atoms with Crippen LogP contribution in [-0.2, 0) is 16.0 Å². The van der Waals surface area contributed by atoms with E-state index in [1.807, 2.05) is 38.1 Å². The van der Waals surface area contributed by atoms with Crippen molar-refractivity contribution in [3.63, 3.8) is 0 Å². The summed E-state index contributed by atoms with van der Waals surface area (Å²) in [7, 11) is 1.55. The maximum Gasteiger partial charge on any atom is 0.300 e. The van der Waals surface area contributed by atoms with Gasteiger partial charge < -0.3 is 19.3 Å². The number of anilines is 1. The zero-order valence-electron chi connectivity index (χ0n) is 23.1. The van der Waals surface area contributed by atoms with Gasteiger partial charge in [0.05, 0.1) is 31.9 Å². The smallest absolute Gasteiger partial charge is 0.300 e. The third-order valence-electron chi connectivity index (χ3n) is 6.58. The van der Waals surface area contributed by atoms with E-state index in [-0.39, 0.29) is 11.3 Å². The Labute approximate surface area is 229 Å². The number of carbonyl (C=O) groups is 2. The first-order chi connectivity index (χ1) is 18.8. The molecule has 0 saturated carbocycles. The Morgan fingerprint density at radius 3 is 2.21 bits per heavy atom. The number of aliphatic hydroxyl groups excluding tert-OH is 1. The summed E-state index contributed by atoms with van der Waals surface area (Å²) in [5.74, 6) is 0.312. The lowest BCUT2D eigenvalue weighted by Gasteiger charge is -2.26. The molecule has 39 heavy (non-hydrogen) atoms. The molecule has 0 aromatic heterocycles. The van der Waals surface area contributed by atoms with Crippen molar-refractivity contribution in [3.8, 4) is 17.2 Å². The zero-order chi connectivity index (χ0) is 28.1. The van der Waals surface area contributed by atoms with E-state index in [1.165, 1.54) is 4.90 Å². The van der Waals surface area contributed by atoms with Crippen molar-refractivity contribution < 1.29 is 28.9 Å². The molecule has 204 valence electrons. The molecule has 1 amide bonds. The van der Waals surface area contributed by atoms with E-state index in [2.05, 4.69) is 13.8 Å². The molecule has 0 spiro atoms. The van der Waals surface area contributed by atoms with Gasteiger partial charge >= 0.3 is 0 Å². The molecular formula is C32H35NO6. The van der Waals surface area contributed by atoms with Gasteiger partial charge in [-0.25, -0.2) is 0 Å². The SMILES string of the molecule is CCOc1cc(C2/C(=C(/O)c3ccc(OCC(C)C)cc3)C(=O)C(=O)N2c2ccc(CC)cc2)ccc1OC. The van der Waals surface area contributed by atoms with Crippen LogP contribution in [0.15, 0.2) is 72.3 Å². The van der Waals surface area contributed by atoms with E-state index < -0.39 is 17.7 Å². The van der Waals surface area contributed by atoms with Gasteiger partial charge in [0, 0.05) is 11.3 Å². The number of rotatable bonds is 10. The first-order valence-corrected chi connectivity index (χ1v) is 13.2. The standard InChI is InChI=1S/C32H35NO6/c1-6-21-8-13-24(14-9-21)33-29(23-12-17-26(37-5)27(18-23)38-7-2)28(31(35)32(33)36)30(34)22-10-15-25(16-11-22)39-19-20(3)4/h8-18,20,29,34H,6-7,19H2,1-5H3/b30-28-. The molecule has 3 aromatic carbocycles. The first kappa shape index (κ1) is 27.8. The molecule has 1 aliphatic rings. The second kappa shape index (κ2) is 12.1.